The Balaban J connectivity index is 2.18. The summed E-state index contributed by atoms with van der Waals surface area (Å²) in [6.07, 6.45) is 4.68. The summed E-state index contributed by atoms with van der Waals surface area (Å²) in [7, 11) is 1.98. The van der Waals surface area contributed by atoms with Crippen LogP contribution in [0.4, 0.5) is 0 Å². The van der Waals surface area contributed by atoms with Gasteiger partial charge in [-0.25, -0.2) is 0 Å². The second kappa shape index (κ2) is 4.93. The molecule has 0 amide bonds. The van der Waals surface area contributed by atoms with Gasteiger partial charge in [0.05, 0.1) is 11.3 Å². The van der Waals surface area contributed by atoms with Crippen LogP contribution in [0.2, 0.25) is 0 Å². The quantitative estimate of drug-likeness (QED) is 0.911. The molecule has 1 aliphatic carbocycles. The molecule has 3 nitrogen and oxygen atoms in total. The number of aryl methyl sites for hydroxylation is 2. The molecule has 0 aliphatic heterocycles. The first-order chi connectivity index (χ1) is 8.73. The van der Waals surface area contributed by atoms with Gasteiger partial charge < -0.3 is 5.11 Å². The Morgan fingerprint density at radius 1 is 1.42 bits per heavy atom. The van der Waals surface area contributed by atoms with Crippen LogP contribution in [-0.2, 0) is 19.9 Å². The van der Waals surface area contributed by atoms with Crippen molar-refractivity contribution < 1.29 is 5.11 Å². The standard InChI is InChI=1S/C16H28N2O/c1-6-13-7-14(18(5)17-13)10-16(19)9-12(2)8-15(3,4)11-16/h7,12,19H,6,8-11H2,1-5H3. The van der Waals surface area contributed by atoms with E-state index in [9.17, 15) is 5.11 Å². The van der Waals surface area contributed by atoms with Crippen molar-refractivity contribution in [3.8, 4) is 0 Å². The lowest BCUT2D eigenvalue weighted by molar-refractivity contribution is -0.0585. The summed E-state index contributed by atoms with van der Waals surface area (Å²) in [6, 6.07) is 2.14. The maximum Gasteiger partial charge on any atom is 0.0710 e. The average Bonchev–Trinajstić information content (AvgIpc) is 2.55. The fourth-order valence-corrected chi connectivity index (χ4v) is 4.08. The Bertz CT molecular complexity index is 450. The van der Waals surface area contributed by atoms with Crippen molar-refractivity contribution in [3.05, 3.63) is 17.5 Å². The number of hydrogen-bond donors (Lipinski definition) is 1. The van der Waals surface area contributed by atoms with E-state index >= 15 is 0 Å². The van der Waals surface area contributed by atoms with E-state index in [0.29, 0.717) is 5.92 Å². The van der Waals surface area contributed by atoms with Crippen LogP contribution in [-0.4, -0.2) is 20.5 Å². The summed E-state index contributed by atoms with van der Waals surface area (Å²) in [5.41, 5.74) is 1.94. The summed E-state index contributed by atoms with van der Waals surface area (Å²) in [6.45, 7) is 8.92. The SMILES string of the molecule is CCc1cc(CC2(O)CC(C)CC(C)(C)C2)n(C)n1. The van der Waals surface area contributed by atoms with Gasteiger partial charge in [0.25, 0.3) is 0 Å². The van der Waals surface area contributed by atoms with Crippen molar-refractivity contribution >= 4 is 0 Å². The predicted molar refractivity (Wildman–Crippen MR) is 78.0 cm³/mol. The second-order valence-electron chi connectivity index (χ2n) is 7.36. The number of hydrogen-bond acceptors (Lipinski definition) is 2. The third-order valence-electron chi connectivity index (χ3n) is 4.34. The van der Waals surface area contributed by atoms with Crippen LogP contribution in [0.1, 0.15) is 58.3 Å². The van der Waals surface area contributed by atoms with E-state index in [4.69, 9.17) is 0 Å². The van der Waals surface area contributed by atoms with E-state index in [1.54, 1.807) is 0 Å². The lowest BCUT2D eigenvalue weighted by Gasteiger charge is -2.44. The normalized spacial score (nSPS) is 30.5. The molecule has 19 heavy (non-hydrogen) atoms. The summed E-state index contributed by atoms with van der Waals surface area (Å²) in [5.74, 6) is 0.590. The average molecular weight is 264 g/mol. The van der Waals surface area contributed by atoms with E-state index in [2.05, 4.69) is 38.9 Å². The number of rotatable bonds is 3. The van der Waals surface area contributed by atoms with Crippen LogP contribution in [0.3, 0.4) is 0 Å². The monoisotopic (exact) mass is 264 g/mol. The van der Waals surface area contributed by atoms with Gasteiger partial charge >= 0.3 is 0 Å². The van der Waals surface area contributed by atoms with Crippen molar-refractivity contribution in [2.45, 2.75) is 65.4 Å². The van der Waals surface area contributed by atoms with Gasteiger partial charge in [0.15, 0.2) is 0 Å². The number of nitrogens with zero attached hydrogens (tertiary/aromatic N) is 2. The molecule has 0 bridgehead atoms. The highest BCUT2D eigenvalue weighted by molar-refractivity contribution is 5.14. The maximum absolute atomic E-state index is 11.0. The number of aromatic nitrogens is 2. The minimum atomic E-state index is -0.569. The van der Waals surface area contributed by atoms with Crippen LogP contribution in [0.5, 0.6) is 0 Å². The highest BCUT2D eigenvalue weighted by Crippen LogP contribution is 2.45. The molecule has 1 aromatic rings. The Kier molecular flexibility index (Phi) is 3.78. The molecule has 1 aromatic heterocycles. The van der Waals surface area contributed by atoms with Crippen LogP contribution in [0, 0.1) is 11.3 Å². The molecule has 1 N–H and O–H groups in total. The third-order valence-corrected chi connectivity index (χ3v) is 4.34. The topological polar surface area (TPSA) is 38.0 Å². The first-order valence-corrected chi connectivity index (χ1v) is 7.47. The van der Waals surface area contributed by atoms with Crippen molar-refractivity contribution in [2.24, 2.45) is 18.4 Å². The summed E-state index contributed by atoms with van der Waals surface area (Å²) >= 11 is 0. The van der Waals surface area contributed by atoms with Crippen molar-refractivity contribution in [1.82, 2.24) is 9.78 Å². The zero-order chi connectivity index (χ0) is 14.3. The molecule has 3 heteroatoms. The van der Waals surface area contributed by atoms with Gasteiger partial charge in [-0.1, -0.05) is 27.7 Å². The van der Waals surface area contributed by atoms with Gasteiger partial charge in [-0.3, -0.25) is 4.68 Å². The molecule has 0 spiro atoms. The highest BCUT2D eigenvalue weighted by Gasteiger charge is 2.41. The lowest BCUT2D eigenvalue weighted by Crippen LogP contribution is -2.44. The van der Waals surface area contributed by atoms with Gasteiger partial charge in [-0.15, -0.1) is 0 Å². The molecule has 1 fully saturated rings. The Labute approximate surface area is 117 Å². The molecular weight excluding hydrogens is 236 g/mol. The van der Waals surface area contributed by atoms with Crippen molar-refractivity contribution in [2.75, 3.05) is 0 Å². The van der Waals surface area contributed by atoms with Crippen LogP contribution in [0.25, 0.3) is 0 Å². The molecule has 108 valence electrons. The third kappa shape index (κ3) is 3.38. The molecule has 0 saturated heterocycles. The van der Waals surface area contributed by atoms with Crippen LogP contribution >= 0.6 is 0 Å². The Morgan fingerprint density at radius 2 is 2.11 bits per heavy atom. The summed E-state index contributed by atoms with van der Waals surface area (Å²) < 4.78 is 1.93. The first-order valence-electron chi connectivity index (χ1n) is 7.47. The van der Waals surface area contributed by atoms with Crippen molar-refractivity contribution in [1.29, 1.82) is 0 Å². The predicted octanol–water partition coefficient (Wildman–Crippen LogP) is 3.10. The minimum absolute atomic E-state index is 0.235. The molecule has 1 saturated carbocycles. The zero-order valence-corrected chi connectivity index (χ0v) is 13.0. The first kappa shape index (κ1) is 14.6. The molecule has 1 aliphatic rings. The van der Waals surface area contributed by atoms with Gasteiger partial charge in [0.2, 0.25) is 0 Å². The zero-order valence-electron chi connectivity index (χ0n) is 13.0. The molecule has 1 heterocycles. The summed E-state index contributed by atoms with van der Waals surface area (Å²) in [5, 5.41) is 15.5. The van der Waals surface area contributed by atoms with Crippen molar-refractivity contribution in [3.63, 3.8) is 0 Å². The fourth-order valence-electron chi connectivity index (χ4n) is 4.08. The Morgan fingerprint density at radius 3 is 2.63 bits per heavy atom. The number of aliphatic hydroxyl groups is 1. The smallest absolute Gasteiger partial charge is 0.0710 e. The molecule has 2 unspecified atom stereocenters. The lowest BCUT2D eigenvalue weighted by atomic mass is 9.64. The van der Waals surface area contributed by atoms with Gasteiger partial charge in [0.1, 0.15) is 0 Å². The van der Waals surface area contributed by atoms with E-state index in [1.165, 1.54) is 6.42 Å². The maximum atomic E-state index is 11.0. The molecule has 0 radical (unpaired) electrons. The van der Waals surface area contributed by atoms with Gasteiger partial charge in [-0.05, 0) is 43.1 Å². The van der Waals surface area contributed by atoms with Crippen LogP contribution < -0.4 is 0 Å². The van der Waals surface area contributed by atoms with Gasteiger partial charge in [-0.2, -0.15) is 5.10 Å². The van der Waals surface area contributed by atoms with Gasteiger partial charge in [0, 0.05) is 19.2 Å². The Hall–Kier alpha value is -0.830. The van der Waals surface area contributed by atoms with E-state index in [-0.39, 0.29) is 5.41 Å². The fraction of sp³-hybridized carbons (Fsp3) is 0.812. The minimum Gasteiger partial charge on any atom is -0.389 e. The molecular formula is C16H28N2O. The molecule has 2 rings (SSSR count). The summed E-state index contributed by atoms with van der Waals surface area (Å²) in [4.78, 5) is 0. The molecule has 0 aromatic carbocycles. The largest absolute Gasteiger partial charge is 0.389 e. The van der Waals surface area contributed by atoms with E-state index in [1.807, 2.05) is 11.7 Å². The highest BCUT2D eigenvalue weighted by atomic mass is 16.3. The van der Waals surface area contributed by atoms with Crippen LogP contribution in [0.15, 0.2) is 6.07 Å². The van der Waals surface area contributed by atoms with E-state index in [0.717, 1.165) is 37.1 Å². The van der Waals surface area contributed by atoms with E-state index < -0.39 is 5.60 Å². The molecule has 2 atom stereocenters. The second-order valence-corrected chi connectivity index (χ2v) is 7.36.